The van der Waals surface area contributed by atoms with Crippen LogP contribution in [-0.4, -0.2) is 50.6 Å². The lowest BCUT2D eigenvalue weighted by Gasteiger charge is -2.20. The van der Waals surface area contributed by atoms with E-state index < -0.39 is 34.3 Å². The standard InChI is InChI=1S/C19H19N3O6S/c1-3-22(11-17(23)20-12-5-4-6-13(9-12)28-2)29(26,27)14-7-8-15-16(10-14)19(25)21-18(15)24/h4-10H,3,11H2,1-2H3,(H,20,23)(H,21,24,25). The second kappa shape index (κ2) is 8.02. The van der Waals surface area contributed by atoms with Crippen LogP contribution in [0.15, 0.2) is 47.4 Å². The van der Waals surface area contributed by atoms with Crippen molar-refractivity contribution in [1.29, 1.82) is 0 Å². The number of hydrogen-bond donors (Lipinski definition) is 2. The van der Waals surface area contributed by atoms with Gasteiger partial charge in [-0.2, -0.15) is 4.31 Å². The Morgan fingerprint density at radius 3 is 2.52 bits per heavy atom. The molecule has 0 unspecified atom stereocenters. The Kier molecular flexibility index (Phi) is 5.66. The Morgan fingerprint density at radius 2 is 1.83 bits per heavy atom. The van der Waals surface area contributed by atoms with Crippen LogP contribution in [0.5, 0.6) is 5.75 Å². The number of methoxy groups -OCH3 is 1. The van der Waals surface area contributed by atoms with E-state index in [1.165, 1.54) is 19.2 Å². The summed E-state index contributed by atoms with van der Waals surface area (Å²) in [6.07, 6.45) is 0. The normalized spacial score (nSPS) is 13.2. The number of benzene rings is 2. The maximum absolute atomic E-state index is 12.9. The smallest absolute Gasteiger partial charge is 0.258 e. The molecule has 0 spiro atoms. The van der Waals surface area contributed by atoms with Crippen molar-refractivity contribution >= 4 is 33.4 Å². The number of anilines is 1. The number of carbonyl (C=O) groups is 3. The summed E-state index contributed by atoms with van der Waals surface area (Å²) >= 11 is 0. The minimum atomic E-state index is -4.06. The van der Waals surface area contributed by atoms with E-state index in [0.717, 1.165) is 10.4 Å². The average Bonchev–Trinajstić information content (AvgIpc) is 2.99. The largest absolute Gasteiger partial charge is 0.497 e. The fraction of sp³-hybridized carbons (Fsp3) is 0.211. The topological polar surface area (TPSA) is 122 Å². The fourth-order valence-electron chi connectivity index (χ4n) is 2.88. The van der Waals surface area contributed by atoms with E-state index >= 15 is 0 Å². The molecule has 29 heavy (non-hydrogen) atoms. The first kappa shape index (κ1) is 20.5. The van der Waals surface area contributed by atoms with Crippen molar-refractivity contribution in [2.75, 3.05) is 25.5 Å². The zero-order valence-electron chi connectivity index (χ0n) is 15.8. The van der Waals surface area contributed by atoms with Crippen LogP contribution in [0.3, 0.4) is 0 Å². The highest BCUT2D eigenvalue weighted by Gasteiger charge is 2.31. The number of carbonyl (C=O) groups excluding carboxylic acids is 3. The van der Waals surface area contributed by atoms with Gasteiger partial charge in [-0.05, 0) is 30.3 Å². The third kappa shape index (κ3) is 4.13. The third-order valence-electron chi connectivity index (χ3n) is 4.37. The number of fused-ring (bicyclic) bond motifs is 1. The van der Waals surface area contributed by atoms with E-state index in [0.29, 0.717) is 11.4 Å². The lowest BCUT2D eigenvalue weighted by molar-refractivity contribution is -0.116. The van der Waals surface area contributed by atoms with Gasteiger partial charge in [-0.1, -0.05) is 13.0 Å². The predicted molar refractivity (Wildman–Crippen MR) is 104 cm³/mol. The lowest BCUT2D eigenvalue weighted by atomic mass is 10.1. The summed E-state index contributed by atoms with van der Waals surface area (Å²) in [6, 6.07) is 10.3. The SMILES string of the molecule is CCN(CC(=O)Nc1cccc(OC)c1)S(=O)(=O)c1ccc2c(c1)C(=O)NC2=O. The highest BCUT2D eigenvalue weighted by molar-refractivity contribution is 7.89. The molecule has 3 rings (SSSR count). The molecule has 1 heterocycles. The number of sulfonamides is 1. The van der Waals surface area contributed by atoms with Gasteiger partial charge in [-0.3, -0.25) is 19.7 Å². The average molecular weight is 417 g/mol. The molecular formula is C19H19N3O6S. The first-order valence-electron chi connectivity index (χ1n) is 8.70. The van der Waals surface area contributed by atoms with Gasteiger partial charge in [0.05, 0.1) is 29.7 Å². The molecule has 9 nitrogen and oxygen atoms in total. The molecule has 1 aliphatic heterocycles. The van der Waals surface area contributed by atoms with Crippen molar-refractivity contribution in [1.82, 2.24) is 9.62 Å². The predicted octanol–water partition coefficient (Wildman–Crippen LogP) is 1.23. The number of nitrogens with one attached hydrogen (secondary N) is 2. The van der Waals surface area contributed by atoms with E-state index in [1.807, 2.05) is 0 Å². The molecule has 10 heteroatoms. The molecule has 2 N–H and O–H groups in total. The van der Waals surface area contributed by atoms with Gasteiger partial charge in [0.2, 0.25) is 15.9 Å². The van der Waals surface area contributed by atoms with Crippen LogP contribution in [0.25, 0.3) is 0 Å². The molecule has 1 aliphatic rings. The quantitative estimate of drug-likeness (QED) is 0.654. The van der Waals surface area contributed by atoms with Crippen LogP contribution in [0.1, 0.15) is 27.6 Å². The van der Waals surface area contributed by atoms with Gasteiger partial charge < -0.3 is 10.1 Å². The van der Waals surface area contributed by atoms with Gasteiger partial charge in [0, 0.05) is 18.3 Å². The Labute approximate surface area is 167 Å². The van der Waals surface area contributed by atoms with Crippen LogP contribution in [0.4, 0.5) is 5.69 Å². The number of likely N-dealkylation sites (N-methyl/N-ethyl adjacent to an activating group) is 1. The summed E-state index contributed by atoms with van der Waals surface area (Å²) in [4.78, 5) is 35.7. The number of rotatable bonds is 7. The molecule has 0 atom stereocenters. The van der Waals surface area contributed by atoms with Crippen molar-refractivity contribution < 1.29 is 27.5 Å². The van der Waals surface area contributed by atoms with Gasteiger partial charge >= 0.3 is 0 Å². The molecule has 0 aliphatic carbocycles. The summed E-state index contributed by atoms with van der Waals surface area (Å²) in [5.41, 5.74) is 0.580. The van der Waals surface area contributed by atoms with Crippen LogP contribution in [0, 0.1) is 0 Å². The van der Waals surface area contributed by atoms with E-state index in [-0.39, 0.29) is 22.6 Å². The van der Waals surface area contributed by atoms with Crippen molar-refractivity contribution in [2.24, 2.45) is 0 Å². The molecule has 0 aromatic heterocycles. The summed E-state index contributed by atoms with van der Waals surface area (Å²) in [7, 11) is -2.56. The Morgan fingerprint density at radius 1 is 1.10 bits per heavy atom. The van der Waals surface area contributed by atoms with Crippen molar-refractivity contribution in [3.63, 3.8) is 0 Å². The molecule has 152 valence electrons. The van der Waals surface area contributed by atoms with Crippen LogP contribution >= 0.6 is 0 Å². The number of ether oxygens (including phenoxy) is 1. The summed E-state index contributed by atoms with van der Waals surface area (Å²) in [5, 5.41) is 4.74. The zero-order chi connectivity index (χ0) is 21.2. The van der Waals surface area contributed by atoms with Crippen LogP contribution in [0.2, 0.25) is 0 Å². The summed E-state index contributed by atoms with van der Waals surface area (Å²) < 4.78 is 32.0. The second-order valence-electron chi connectivity index (χ2n) is 6.20. The Balaban J connectivity index is 1.80. The monoisotopic (exact) mass is 417 g/mol. The van der Waals surface area contributed by atoms with Crippen molar-refractivity contribution in [3.8, 4) is 5.75 Å². The van der Waals surface area contributed by atoms with Gasteiger partial charge in [-0.15, -0.1) is 0 Å². The summed E-state index contributed by atoms with van der Waals surface area (Å²) in [6.45, 7) is 1.22. The highest BCUT2D eigenvalue weighted by atomic mass is 32.2. The molecule has 0 radical (unpaired) electrons. The van der Waals surface area contributed by atoms with Gasteiger partial charge in [0.1, 0.15) is 5.75 Å². The number of amides is 3. The molecule has 2 aromatic carbocycles. The van der Waals surface area contributed by atoms with Gasteiger partial charge in [0.25, 0.3) is 11.8 Å². The Hall–Kier alpha value is -3.24. The maximum atomic E-state index is 12.9. The molecule has 0 saturated carbocycles. The summed E-state index contributed by atoms with van der Waals surface area (Å²) in [5.74, 6) is -1.20. The minimum Gasteiger partial charge on any atom is -0.497 e. The van der Waals surface area contributed by atoms with E-state index in [4.69, 9.17) is 4.74 Å². The first-order valence-corrected chi connectivity index (χ1v) is 10.1. The zero-order valence-corrected chi connectivity index (χ0v) is 16.6. The van der Waals surface area contributed by atoms with Gasteiger partial charge in [-0.25, -0.2) is 8.42 Å². The second-order valence-corrected chi connectivity index (χ2v) is 8.14. The number of nitrogens with zero attached hydrogens (tertiary/aromatic N) is 1. The maximum Gasteiger partial charge on any atom is 0.258 e. The number of imide groups is 1. The molecule has 3 amide bonds. The Bertz CT molecular complexity index is 1100. The molecule has 2 aromatic rings. The van der Waals surface area contributed by atoms with E-state index in [1.54, 1.807) is 31.2 Å². The van der Waals surface area contributed by atoms with Gasteiger partial charge in [0.15, 0.2) is 0 Å². The molecular weight excluding hydrogens is 398 g/mol. The molecule has 0 saturated heterocycles. The van der Waals surface area contributed by atoms with Crippen LogP contribution in [-0.2, 0) is 14.8 Å². The van der Waals surface area contributed by atoms with E-state index in [9.17, 15) is 22.8 Å². The van der Waals surface area contributed by atoms with Crippen LogP contribution < -0.4 is 15.4 Å². The van der Waals surface area contributed by atoms with E-state index in [2.05, 4.69) is 10.6 Å². The highest BCUT2D eigenvalue weighted by Crippen LogP contribution is 2.23. The lowest BCUT2D eigenvalue weighted by Crippen LogP contribution is -2.37. The molecule has 0 bridgehead atoms. The number of hydrogen-bond acceptors (Lipinski definition) is 6. The fourth-order valence-corrected chi connectivity index (χ4v) is 4.32. The first-order chi connectivity index (χ1) is 13.8. The van der Waals surface area contributed by atoms with Crippen molar-refractivity contribution in [3.05, 3.63) is 53.6 Å². The third-order valence-corrected chi connectivity index (χ3v) is 6.29. The minimum absolute atomic E-state index is 0.00652. The molecule has 0 fully saturated rings. The van der Waals surface area contributed by atoms with Crippen molar-refractivity contribution in [2.45, 2.75) is 11.8 Å².